The van der Waals surface area contributed by atoms with E-state index in [-0.39, 0.29) is 17.6 Å². The highest BCUT2D eigenvalue weighted by atomic mass is 19.1. The minimum Gasteiger partial charge on any atom is -0.352 e. The van der Waals surface area contributed by atoms with Crippen LogP contribution in [0.1, 0.15) is 52.8 Å². The van der Waals surface area contributed by atoms with Crippen molar-refractivity contribution in [2.45, 2.75) is 32.1 Å². The van der Waals surface area contributed by atoms with Gasteiger partial charge in [-0.2, -0.15) is 0 Å². The number of carbonyl (C=O) groups is 2. The van der Waals surface area contributed by atoms with Gasteiger partial charge in [0, 0.05) is 43.8 Å². The van der Waals surface area contributed by atoms with Crippen molar-refractivity contribution in [1.29, 1.82) is 0 Å². The van der Waals surface area contributed by atoms with Crippen molar-refractivity contribution in [1.82, 2.24) is 19.6 Å². The van der Waals surface area contributed by atoms with Crippen LogP contribution in [0.15, 0.2) is 55.0 Å². The highest BCUT2D eigenvalue weighted by molar-refractivity contribution is 5.94. The maximum Gasteiger partial charge on any atom is 0.253 e. The number of pyridine rings is 1. The van der Waals surface area contributed by atoms with E-state index in [0.717, 1.165) is 37.8 Å². The third-order valence-electron chi connectivity index (χ3n) is 5.95. The van der Waals surface area contributed by atoms with Gasteiger partial charge in [-0.15, -0.1) is 0 Å². The van der Waals surface area contributed by atoms with Crippen LogP contribution < -0.4 is 5.32 Å². The van der Waals surface area contributed by atoms with E-state index >= 15 is 0 Å². The van der Waals surface area contributed by atoms with Crippen molar-refractivity contribution in [3.05, 3.63) is 71.9 Å². The van der Waals surface area contributed by atoms with Crippen molar-refractivity contribution >= 4 is 17.5 Å². The molecule has 3 heterocycles. The molecule has 162 valence electrons. The second-order valence-electron chi connectivity index (χ2n) is 8.11. The number of hydrogen-bond acceptors (Lipinski definition) is 3. The Balaban J connectivity index is 1.13. The van der Waals surface area contributed by atoms with E-state index < -0.39 is 0 Å². The Morgan fingerprint density at radius 2 is 1.94 bits per heavy atom. The summed E-state index contributed by atoms with van der Waals surface area (Å²) in [5, 5.41) is 2.98. The van der Waals surface area contributed by atoms with Gasteiger partial charge < -0.3 is 14.6 Å². The second-order valence-corrected chi connectivity index (χ2v) is 8.11. The van der Waals surface area contributed by atoms with Gasteiger partial charge in [0.05, 0.1) is 5.56 Å². The van der Waals surface area contributed by atoms with Gasteiger partial charge in [-0.05, 0) is 55.5 Å². The van der Waals surface area contributed by atoms with Crippen molar-refractivity contribution < 1.29 is 14.0 Å². The predicted octanol–water partition coefficient (Wildman–Crippen LogP) is 3.93. The number of benzene rings is 1. The van der Waals surface area contributed by atoms with E-state index in [4.69, 9.17) is 0 Å². The Hall–Kier alpha value is -3.22. The Morgan fingerprint density at radius 1 is 1.10 bits per heavy atom. The van der Waals surface area contributed by atoms with Gasteiger partial charge in [-0.25, -0.2) is 9.37 Å². The normalized spacial score (nSPS) is 14.7. The zero-order valence-electron chi connectivity index (χ0n) is 17.5. The molecule has 1 aromatic carbocycles. The number of amides is 2. The van der Waals surface area contributed by atoms with Crippen molar-refractivity contribution in [3.63, 3.8) is 0 Å². The molecule has 3 aromatic rings. The molecule has 2 aromatic heterocycles. The van der Waals surface area contributed by atoms with E-state index in [9.17, 15) is 14.0 Å². The van der Waals surface area contributed by atoms with E-state index in [1.54, 1.807) is 30.6 Å². The minimum atomic E-state index is -0.380. The highest BCUT2D eigenvalue weighted by Gasteiger charge is 2.23. The van der Waals surface area contributed by atoms with Gasteiger partial charge in [0.2, 0.25) is 0 Å². The molecule has 0 saturated carbocycles. The number of hydrogen-bond donors (Lipinski definition) is 1. The number of carbonyl (C=O) groups excluding carboxylic acids is 2. The summed E-state index contributed by atoms with van der Waals surface area (Å²) in [6.07, 6.45) is 10.3. The third kappa shape index (κ3) is 5.29. The molecule has 0 bridgehead atoms. The number of rotatable bonds is 7. The summed E-state index contributed by atoms with van der Waals surface area (Å²) in [7, 11) is 0. The first kappa shape index (κ1) is 21.0. The monoisotopic (exact) mass is 422 g/mol. The van der Waals surface area contributed by atoms with Crippen LogP contribution in [0.3, 0.4) is 0 Å². The third-order valence-corrected chi connectivity index (χ3v) is 5.95. The summed E-state index contributed by atoms with van der Waals surface area (Å²) in [5.74, 6) is 0.0559. The molecule has 0 unspecified atom stereocenters. The van der Waals surface area contributed by atoms with Crippen LogP contribution >= 0.6 is 0 Å². The molecule has 1 aliphatic heterocycles. The lowest BCUT2D eigenvalue weighted by atomic mass is 9.91. The van der Waals surface area contributed by atoms with E-state index in [0.29, 0.717) is 36.7 Å². The van der Waals surface area contributed by atoms with Crippen molar-refractivity contribution in [2.75, 3.05) is 19.6 Å². The summed E-state index contributed by atoms with van der Waals surface area (Å²) in [4.78, 5) is 30.8. The lowest BCUT2D eigenvalue weighted by Gasteiger charge is -2.32. The lowest BCUT2D eigenvalue weighted by Crippen LogP contribution is -2.38. The molecule has 4 rings (SSSR count). The van der Waals surface area contributed by atoms with Gasteiger partial charge in [0.1, 0.15) is 11.5 Å². The number of halogens is 1. The summed E-state index contributed by atoms with van der Waals surface area (Å²) >= 11 is 0. The fourth-order valence-electron chi connectivity index (χ4n) is 4.15. The number of piperidine rings is 1. The fourth-order valence-corrected chi connectivity index (χ4v) is 4.15. The molecule has 1 N–H and O–H groups in total. The molecule has 31 heavy (non-hydrogen) atoms. The first-order valence-electron chi connectivity index (χ1n) is 10.9. The quantitative estimate of drug-likeness (QED) is 0.587. The Labute approximate surface area is 181 Å². The number of unbranched alkanes of at least 4 members (excludes halogenated alkanes) is 1. The van der Waals surface area contributed by atoms with Gasteiger partial charge in [-0.3, -0.25) is 9.59 Å². The minimum absolute atomic E-state index is 0.0697. The average Bonchev–Trinajstić information content (AvgIpc) is 3.26. The largest absolute Gasteiger partial charge is 0.352 e. The molecular weight excluding hydrogens is 395 g/mol. The number of nitrogens with one attached hydrogen (secondary N) is 1. The van der Waals surface area contributed by atoms with E-state index in [1.807, 2.05) is 21.6 Å². The number of likely N-dealkylation sites (tertiary alicyclic amines) is 1. The molecule has 0 aliphatic carbocycles. The maximum absolute atomic E-state index is 13.4. The first-order chi connectivity index (χ1) is 15.1. The van der Waals surface area contributed by atoms with Crippen LogP contribution in [0.5, 0.6) is 0 Å². The second kappa shape index (κ2) is 9.73. The molecular formula is C24H27FN4O2. The van der Waals surface area contributed by atoms with Crippen LogP contribution in [0, 0.1) is 11.7 Å². The number of fused-ring (bicyclic) bond motifs is 1. The molecule has 1 saturated heterocycles. The van der Waals surface area contributed by atoms with Crippen LogP contribution in [0.4, 0.5) is 4.39 Å². The Bertz CT molecular complexity index is 1060. The highest BCUT2D eigenvalue weighted by Crippen LogP contribution is 2.23. The number of aromatic nitrogens is 2. The maximum atomic E-state index is 13.4. The van der Waals surface area contributed by atoms with Crippen LogP contribution in [-0.2, 0) is 0 Å². The molecule has 1 fully saturated rings. The number of imidazole rings is 1. The number of nitrogens with zero attached hydrogens (tertiary/aromatic N) is 3. The molecule has 1 aliphatic rings. The molecule has 7 heteroatoms. The lowest BCUT2D eigenvalue weighted by molar-refractivity contribution is 0.0685. The van der Waals surface area contributed by atoms with Crippen LogP contribution in [-0.4, -0.2) is 45.7 Å². The van der Waals surface area contributed by atoms with Gasteiger partial charge in [0.15, 0.2) is 0 Å². The van der Waals surface area contributed by atoms with Gasteiger partial charge in [0.25, 0.3) is 11.8 Å². The average molecular weight is 423 g/mol. The van der Waals surface area contributed by atoms with Crippen LogP contribution in [0.25, 0.3) is 5.65 Å². The summed E-state index contributed by atoms with van der Waals surface area (Å²) < 4.78 is 15.2. The van der Waals surface area contributed by atoms with Gasteiger partial charge >= 0.3 is 0 Å². The molecule has 0 spiro atoms. The Kier molecular flexibility index (Phi) is 6.60. The zero-order valence-corrected chi connectivity index (χ0v) is 17.5. The van der Waals surface area contributed by atoms with E-state index in [2.05, 4.69) is 10.3 Å². The molecule has 2 amide bonds. The molecule has 6 nitrogen and oxygen atoms in total. The topological polar surface area (TPSA) is 66.7 Å². The summed E-state index contributed by atoms with van der Waals surface area (Å²) in [6, 6.07) is 9.51. The molecule has 0 atom stereocenters. The summed E-state index contributed by atoms with van der Waals surface area (Å²) in [5.41, 5.74) is 1.86. The SMILES string of the molecule is O=C(NCCCCC1CCN(C(=O)c2cccc(F)c2)CC1)c1ccc2nccn2c1. The summed E-state index contributed by atoms with van der Waals surface area (Å²) in [6.45, 7) is 2.08. The van der Waals surface area contributed by atoms with Gasteiger partial charge in [-0.1, -0.05) is 18.9 Å². The Morgan fingerprint density at radius 3 is 2.74 bits per heavy atom. The van der Waals surface area contributed by atoms with E-state index in [1.165, 1.54) is 12.1 Å². The smallest absolute Gasteiger partial charge is 0.253 e. The fraction of sp³-hybridized carbons (Fsp3) is 0.375. The zero-order chi connectivity index (χ0) is 21.6. The first-order valence-corrected chi connectivity index (χ1v) is 10.9. The molecule has 0 radical (unpaired) electrons. The van der Waals surface area contributed by atoms with Crippen molar-refractivity contribution in [3.8, 4) is 0 Å². The van der Waals surface area contributed by atoms with Crippen molar-refractivity contribution in [2.24, 2.45) is 5.92 Å². The van der Waals surface area contributed by atoms with Crippen LogP contribution in [0.2, 0.25) is 0 Å². The standard InChI is InChI=1S/C24H27FN4O2/c25-21-6-3-5-19(16-21)24(31)28-13-9-18(10-14-28)4-1-2-11-27-23(30)20-7-8-22-26-12-15-29(22)17-20/h3,5-8,12,15-18H,1-2,4,9-11,13-14H2,(H,27,30). The predicted molar refractivity (Wildman–Crippen MR) is 116 cm³/mol.